The van der Waals surface area contributed by atoms with Crippen molar-refractivity contribution in [1.29, 1.82) is 0 Å². The molecule has 5 heteroatoms. The molecule has 2 N–H and O–H groups in total. The molecule has 1 aliphatic rings. The van der Waals surface area contributed by atoms with Crippen LogP contribution in [0.2, 0.25) is 0 Å². The average Bonchev–Trinajstić information content (AvgIpc) is 2.69. The van der Waals surface area contributed by atoms with Crippen molar-refractivity contribution in [2.45, 2.75) is 45.4 Å². The van der Waals surface area contributed by atoms with Crippen LogP contribution in [0.3, 0.4) is 0 Å². The third-order valence-electron chi connectivity index (χ3n) is 5.61. The van der Waals surface area contributed by atoms with Gasteiger partial charge in [0.15, 0.2) is 5.78 Å². The van der Waals surface area contributed by atoms with E-state index in [2.05, 4.69) is 6.08 Å². The predicted molar refractivity (Wildman–Crippen MR) is 113 cm³/mol. The summed E-state index contributed by atoms with van der Waals surface area (Å²) in [5.74, 6) is -3.55. The SMILES string of the molecule is CC(C)=CCCC1=CC[C@@H](C(=O)c2c(O)cccc2O)[C@H](c2cc(F)ccc2F)C1. The number of carbonyl (C=O) groups is 1. The highest BCUT2D eigenvalue weighted by Gasteiger charge is 2.36. The Morgan fingerprint density at radius 2 is 1.83 bits per heavy atom. The predicted octanol–water partition coefficient (Wildman–Crippen LogP) is 6.43. The van der Waals surface area contributed by atoms with Gasteiger partial charge in [0.2, 0.25) is 0 Å². The Morgan fingerprint density at radius 1 is 1.13 bits per heavy atom. The number of halogens is 2. The summed E-state index contributed by atoms with van der Waals surface area (Å²) in [5.41, 5.74) is 2.27. The van der Waals surface area contributed by atoms with Crippen LogP contribution in [0.15, 0.2) is 59.7 Å². The summed E-state index contributed by atoms with van der Waals surface area (Å²) in [6.45, 7) is 4.04. The van der Waals surface area contributed by atoms with E-state index in [0.717, 1.165) is 36.6 Å². The molecule has 0 amide bonds. The topological polar surface area (TPSA) is 57.5 Å². The molecule has 2 aromatic rings. The first-order valence-electron chi connectivity index (χ1n) is 10.1. The monoisotopic (exact) mass is 412 g/mol. The van der Waals surface area contributed by atoms with Crippen LogP contribution in [0.1, 0.15) is 61.4 Å². The smallest absolute Gasteiger partial charge is 0.174 e. The van der Waals surface area contributed by atoms with Crippen molar-refractivity contribution in [2.24, 2.45) is 5.92 Å². The fourth-order valence-corrected chi connectivity index (χ4v) is 4.10. The van der Waals surface area contributed by atoms with Gasteiger partial charge in [0, 0.05) is 11.8 Å². The van der Waals surface area contributed by atoms with Gasteiger partial charge in [-0.25, -0.2) is 8.78 Å². The van der Waals surface area contributed by atoms with E-state index in [1.165, 1.54) is 23.8 Å². The van der Waals surface area contributed by atoms with Crippen LogP contribution in [0.5, 0.6) is 11.5 Å². The number of hydrogen-bond donors (Lipinski definition) is 2. The molecule has 0 unspecified atom stereocenters. The van der Waals surface area contributed by atoms with Crippen LogP contribution >= 0.6 is 0 Å². The van der Waals surface area contributed by atoms with Crippen molar-refractivity contribution >= 4 is 5.78 Å². The Hall–Kier alpha value is -2.95. The van der Waals surface area contributed by atoms with Crippen molar-refractivity contribution in [1.82, 2.24) is 0 Å². The first-order valence-corrected chi connectivity index (χ1v) is 10.1. The molecule has 30 heavy (non-hydrogen) atoms. The molecule has 0 aliphatic heterocycles. The number of allylic oxidation sites excluding steroid dienone is 4. The molecule has 3 rings (SSSR count). The lowest BCUT2D eigenvalue weighted by molar-refractivity contribution is 0.0888. The number of ketones is 1. The lowest BCUT2D eigenvalue weighted by atomic mass is 9.71. The standard InChI is InChI=1S/C25H26F2O3/c1-15(2)5-3-6-16-9-11-18(25(30)24-22(28)7-4-8-23(24)29)19(13-16)20-14-17(26)10-12-21(20)27/h4-5,7-10,12,14,18-19,28-29H,3,6,11,13H2,1-2H3/t18-,19-/m1/s1. The molecule has 2 atom stereocenters. The average molecular weight is 412 g/mol. The van der Waals surface area contributed by atoms with Gasteiger partial charge in [0.1, 0.15) is 28.7 Å². The molecule has 1 aliphatic carbocycles. The zero-order chi connectivity index (χ0) is 21.8. The minimum absolute atomic E-state index is 0.149. The van der Waals surface area contributed by atoms with Crippen LogP contribution < -0.4 is 0 Å². The maximum Gasteiger partial charge on any atom is 0.174 e. The van der Waals surface area contributed by atoms with E-state index in [1.54, 1.807) is 0 Å². The van der Waals surface area contributed by atoms with E-state index >= 15 is 0 Å². The summed E-state index contributed by atoms with van der Waals surface area (Å²) in [6.07, 6.45) is 6.47. The van der Waals surface area contributed by atoms with Gasteiger partial charge in [0.05, 0.1) is 0 Å². The molecule has 0 radical (unpaired) electrons. The van der Waals surface area contributed by atoms with E-state index < -0.39 is 29.3 Å². The number of benzene rings is 2. The van der Waals surface area contributed by atoms with Gasteiger partial charge in [-0.05, 0) is 75.4 Å². The number of aromatic hydroxyl groups is 2. The van der Waals surface area contributed by atoms with Crippen LogP contribution in [0.25, 0.3) is 0 Å². The summed E-state index contributed by atoms with van der Waals surface area (Å²) < 4.78 is 28.5. The van der Waals surface area contributed by atoms with Gasteiger partial charge in [0.25, 0.3) is 0 Å². The number of phenols is 2. The second kappa shape index (κ2) is 9.24. The Labute approximate surface area is 175 Å². The second-order valence-electron chi connectivity index (χ2n) is 8.04. The van der Waals surface area contributed by atoms with Crippen molar-refractivity contribution < 1.29 is 23.8 Å². The molecular formula is C25H26F2O3. The Morgan fingerprint density at radius 3 is 2.50 bits per heavy atom. The van der Waals surface area contributed by atoms with Gasteiger partial charge in [-0.2, -0.15) is 0 Å². The van der Waals surface area contributed by atoms with Crippen LogP contribution in [0, 0.1) is 17.6 Å². The van der Waals surface area contributed by atoms with Crippen molar-refractivity contribution in [3.8, 4) is 11.5 Å². The highest BCUT2D eigenvalue weighted by molar-refractivity contribution is 6.03. The van der Waals surface area contributed by atoms with E-state index in [-0.39, 0.29) is 22.6 Å². The second-order valence-corrected chi connectivity index (χ2v) is 8.04. The molecule has 0 bridgehead atoms. The highest BCUT2D eigenvalue weighted by Crippen LogP contribution is 2.43. The number of rotatable bonds is 6. The zero-order valence-corrected chi connectivity index (χ0v) is 17.2. The number of phenolic OH excluding ortho intramolecular Hbond substituents is 2. The zero-order valence-electron chi connectivity index (χ0n) is 17.2. The maximum absolute atomic E-state index is 14.6. The largest absolute Gasteiger partial charge is 0.507 e. The van der Waals surface area contributed by atoms with Gasteiger partial charge in [-0.15, -0.1) is 0 Å². The summed E-state index contributed by atoms with van der Waals surface area (Å²) in [4.78, 5) is 13.3. The van der Waals surface area contributed by atoms with Gasteiger partial charge >= 0.3 is 0 Å². The summed E-state index contributed by atoms with van der Waals surface area (Å²) >= 11 is 0. The number of Topliss-reactive ketones (excluding diaryl/α,β-unsaturated/α-hetero) is 1. The lowest BCUT2D eigenvalue weighted by Gasteiger charge is -2.31. The summed E-state index contributed by atoms with van der Waals surface area (Å²) in [6, 6.07) is 7.36. The van der Waals surface area contributed by atoms with E-state index in [0.29, 0.717) is 12.8 Å². The van der Waals surface area contributed by atoms with Gasteiger partial charge < -0.3 is 10.2 Å². The van der Waals surface area contributed by atoms with Gasteiger partial charge in [-0.3, -0.25) is 4.79 Å². The first kappa shape index (κ1) is 21.8. The highest BCUT2D eigenvalue weighted by atomic mass is 19.1. The minimum atomic E-state index is -0.715. The van der Waals surface area contributed by atoms with Crippen LogP contribution in [0.4, 0.5) is 8.78 Å². The molecule has 158 valence electrons. The molecule has 2 aromatic carbocycles. The van der Waals surface area contributed by atoms with Crippen LogP contribution in [-0.4, -0.2) is 16.0 Å². The maximum atomic E-state index is 14.6. The molecule has 0 saturated carbocycles. The molecule has 0 saturated heterocycles. The summed E-state index contributed by atoms with van der Waals surface area (Å²) in [7, 11) is 0. The van der Waals surface area contributed by atoms with E-state index in [4.69, 9.17) is 0 Å². The minimum Gasteiger partial charge on any atom is -0.507 e. The fourth-order valence-electron chi connectivity index (χ4n) is 4.10. The molecule has 0 spiro atoms. The van der Waals surface area contributed by atoms with Crippen molar-refractivity contribution in [3.05, 3.63) is 82.5 Å². The number of carbonyl (C=O) groups excluding carboxylic acids is 1. The van der Waals surface area contributed by atoms with Gasteiger partial charge in [-0.1, -0.05) is 29.4 Å². The fraction of sp³-hybridized carbons (Fsp3) is 0.320. The van der Waals surface area contributed by atoms with Crippen molar-refractivity contribution in [2.75, 3.05) is 0 Å². The molecule has 3 nitrogen and oxygen atoms in total. The molecular weight excluding hydrogens is 386 g/mol. The third-order valence-corrected chi connectivity index (χ3v) is 5.61. The third kappa shape index (κ3) is 4.78. The lowest BCUT2D eigenvalue weighted by Crippen LogP contribution is -2.26. The first-order chi connectivity index (χ1) is 14.3. The van der Waals surface area contributed by atoms with E-state index in [9.17, 15) is 23.8 Å². The summed E-state index contributed by atoms with van der Waals surface area (Å²) in [5, 5.41) is 20.3. The normalized spacial score (nSPS) is 18.6. The van der Waals surface area contributed by atoms with E-state index in [1.807, 2.05) is 19.9 Å². The quantitative estimate of drug-likeness (QED) is 0.425. The van der Waals surface area contributed by atoms with Crippen LogP contribution in [-0.2, 0) is 0 Å². The molecule has 0 fully saturated rings. The Bertz CT molecular complexity index is 983. The Kier molecular flexibility index (Phi) is 6.70. The molecule has 0 aromatic heterocycles. The number of hydrogen-bond acceptors (Lipinski definition) is 3. The Balaban J connectivity index is 1.99. The van der Waals surface area contributed by atoms with Crippen molar-refractivity contribution in [3.63, 3.8) is 0 Å². The molecule has 0 heterocycles.